The second-order valence-electron chi connectivity index (χ2n) is 4.40. The molecule has 19 heavy (non-hydrogen) atoms. The summed E-state index contributed by atoms with van der Waals surface area (Å²) in [6.45, 7) is 4.87. The number of benzene rings is 1. The minimum Gasteiger partial charge on any atom is -0.383 e. The molecule has 106 valence electrons. The molecule has 1 aromatic rings. The number of anilines is 1. The van der Waals surface area contributed by atoms with Crippen molar-refractivity contribution in [2.45, 2.75) is 31.4 Å². The zero-order chi connectivity index (χ0) is 14.5. The van der Waals surface area contributed by atoms with Crippen LogP contribution in [-0.2, 0) is 0 Å². The summed E-state index contributed by atoms with van der Waals surface area (Å²) in [7, 11) is 0. The molecule has 1 aromatic carbocycles. The van der Waals surface area contributed by atoms with Crippen molar-refractivity contribution in [3.05, 3.63) is 34.1 Å². The summed E-state index contributed by atoms with van der Waals surface area (Å²) in [4.78, 5) is 10.1. The molecule has 4 nitrogen and oxygen atoms in total. The van der Waals surface area contributed by atoms with Gasteiger partial charge in [0.15, 0.2) is 0 Å². The third kappa shape index (κ3) is 4.09. The molecule has 0 aromatic heterocycles. The van der Waals surface area contributed by atoms with Crippen LogP contribution in [0.1, 0.15) is 26.7 Å². The molecule has 0 saturated carbocycles. The number of nitro groups is 1. The van der Waals surface area contributed by atoms with E-state index in [2.05, 4.69) is 19.2 Å². The fourth-order valence-electron chi connectivity index (χ4n) is 1.91. The van der Waals surface area contributed by atoms with E-state index in [9.17, 15) is 14.5 Å². The molecule has 1 rings (SSSR count). The maximum Gasteiger partial charge on any atom is 0.274 e. The average Bonchev–Trinajstić information content (AvgIpc) is 2.40. The van der Waals surface area contributed by atoms with E-state index in [4.69, 9.17) is 0 Å². The minimum absolute atomic E-state index is 0.0705. The van der Waals surface area contributed by atoms with E-state index >= 15 is 0 Å². The zero-order valence-corrected chi connectivity index (χ0v) is 12.2. The molecule has 0 amide bonds. The van der Waals surface area contributed by atoms with Crippen LogP contribution < -0.4 is 5.32 Å². The number of thioether (sulfide) groups is 1. The van der Waals surface area contributed by atoms with Crippen molar-refractivity contribution < 1.29 is 9.31 Å². The smallest absolute Gasteiger partial charge is 0.274 e. The Hall–Kier alpha value is -1.30. The second kappa shape index (κ2) is 6.75. The van der Waals surface area contributed by atoms with Gasteiger partial charge in [-0.05, 0) is 25.2 Å². The van der Waals surface area contributed by atoms with Gasteiger partial charge < -0.3 is 5.32 Å². The van der Waals surface area contributed by atoms with Crippen molar-refractivity contribution >= 4 is 23.1 Å². The first-order valence-electron chi connectivity index (χ1n) is 6.20. The highest BCUT2D eigenvalue weighted by molar-refractivity contribution is 8.00. The third-order valence-electron chi connectivity index (χ3n) is 3.43. The van der Waals surface area contributed by atoms with Gasteiger partial charge in [-0.2, -0.15) is 11.8 Å². The number of nitrogens with zero attached hydrogens (tertiary/aromatic N) is 1. The fraction of sp³-hybridized carbons (Fsp3) is 0.538. The Morgan fingerprint density at radius 2 is 2.00 bits per heavy atom. The molecular formula is C13H19FN2O2S. The predicted molar refractivity (Wildman–Crippen MR) is 78.4 cm³/mol. The molecule has 0 aliphatic heterocycles. The standard InChI is InChI=1S/C13H19FN2O2S/c1-4-13(5-2,19-3)9-15-11-6-10(14)7-12(8-11)16(17)18/h6-8,15H,4-5,9H2,1-3H3. The summed E-state index contributed by atoms with van der Waals surface area (Å²) in [6, 6.07) is 3.57. The maximum absolute atomic E-state index is 13.3. The molecule has 0 heterocycles. The number of nitrogens with one attached hydrogen (secondary N) is 1. The summed E-state index contributed by atoms with van der Waals surface area (Å²) < 4.78 is 13.4. The first-order chi connectivity index (χ1) is 8.96. The number of hydrogen-bond acceptors (Lipinski definition) is 4. The summed E-state index contributed by atoms with van der Waals surface area (Å²) >= 11 is 1.76. The van der Waals surface area contributed by atoms with E-state index in [0.717, 1.165) is 18.9 Å². The molecule has 0 radical (unpaired) electrons. The van der Waals surface area contributed by atoms with Gasteiger partial charge in [0.25, 0.3) is 5.69 Å². The minimum atomic E-state index is -0.598. The summed E-state index contributed by atoms with van der Waals surface area (Å²) in [5.41, 5.74) is 0.220. The lowest BCUT2D eigenvalue weighted by Crippen LogP contribution is -2.32. The van der Waals surface area contributed by atoms with Crippen LogP contribution in [0.15, 0.2) is 18.2 Å². The Morgan fingerprint density at radius 1 is 1.37 bits per heavy atom. The van der Waals surface area contributed by atoms with Gasteiger partial charge >= 0.3 is 0 Å². The summed E-state index contributed by atoms with van der Waals surface area (Å²) in [5.74, 6) is -0.598. The monoisotopic (exact) mass is 286 g/mol. The molecule has 6 heteroatoms. The van der Waals surface area contributed by atoms with Crippen LogP contribution in [0, 0.1) is 15.9 Å². The summed E-state index contributed by atoms with van der Waals surface area (Å²) in [5, 5.41) is 13.8. The Morgan fingerprint density at radius 3 is 2.47 bits per heavy atom. The van der Waals surface area contributed by atoms with Crippen LogP contribution in [-0.4, -0.2) is 22.5 Å². The van der Waals surface area contributed by atoms with Gasteiger partial charge in [0.1, 0.15) is 5.82 Å². The van der Waals surface area contributed by atoms with Crippen molar-refractivity contribution in [1.82, 2.24) is 0 Å². The SMILES string of the molecule is CCC(CC)(CNc1cc(F)cc([N+](=O)[O-])c1)SC. The van der Waals surface area contributed by atoms with Gasteiger partial charge in [0.05, 0.1) is 11.0 Å². The van der Waals surface area contributed by atoms with Gasteiger partial charge in [0.2, 0.25) is 0 Å². The van der Waals surface area contributed by atoms with Gasteiger partial charge in [-0.3, -0.25) is 10.1 Å². The number of non-ortho nitro benzene ring substituents is 1. The van der Waals surface area contributed by atoms with E-state index in [1.54, 1.807) is 11.8 Å². The number of hydrogen-bond donors (Lipinski definition) is 1. The molecule has 0 bridgehead atoms. The normalized spacial score (nSPS) is 11.4. The molecule has 0 fully saturated rings. The number of nitro benzene ring substituents is 1. The molecule has 0 aliphatic carbocycles. The van der Waals surface area contributed by atoms with Gasteiger partial charge in [-0.15, -0.1) is 0 Å². The molecule has 0 unspecified atom stereocenters. The van der Waals surface area contributed by atoms with Crippen LogP contribution in [0.3, 0.4) is 0 Å². The topological polar surface area (TPSA) is 55.2 Å². The highest BCUT2D eigenvalue weighted by Crippen LogP contribution is 2.31. The van der Waals surface area contributed by atoms with Crippen LogP contribution in [0.2, 0.25) is 0 Å². The molecule has 0 atom stereocenters. The Bertz CT molecular complexity index is 442. The third-order valence-corrected chi connectivity index (χ3v) is 5.02. The highest BCUT2D eigenvalue weighted by Gasteiger charge is 2.24. The van der Waals surface area contributed by atoms with Gasteiger partial charge in [0, 0.05) is 23.0 Å². The number of halogens is 1. The first kappa shape index (κ1) is 15.8. The zero-order valence-electron chi connectivity index (χ0n) is 11.4. The highest BCUT2D eigenvalue weighted by atomic mass is 32.2. The molecule has 0 spiro atoms. The van der Waals surface area contributed by atoms with E-state index < -0.39 is 10.7 Å². The van der Waals surface area contributed by atoms with Gasteiger partial charge in [-0.1, -0.05) is 13.8 Å². The van der Waals surface area contributed by atoms with Crippen molar-refractivity contribution in [1.29, 1.82) is 0 Å². The Labute approximate surface area is 116 Å². The molecule has 1 N–H and O–H groups in total. The van der Waals surface area contributed by atoms with Crippen LogP contribution in [0.5, 0.6) is 0 Å². The molecular weight excluding hydrogens is 267 g/mol. The lowest BCUT2D eigenvalue weighted by molar-refractivity contribution is -0.385. The van der Waals surface area contributed by atoms with E-state index in [1.807, 2.05) is 6.26 Å². The average molecular weight is 286 g/mol. The first-order valence-corrected chi connectivity index (χ1v) is 7.43. The Balaban J connectivity index is 2.85. The van der Waals surface area contributed by atoms with Crippen LogP contribution in [0.4, 0.5) is 15.8 Å². The molecule has 0 aliphatic rings. The lowest BCUT2D eigenvalue weighted by atomic mass is 10.0. The maximum atomic E-state index is 13.3. The second-order valence-corrected chi connectivity index (χ2v) is 5.68. The van der Waals surface area contributed by atoms with Crippen molar-refractivity contribution in [2.75, 3.05) is 18.1 Å². The Kier molecular flexibility index (Phi) is 5.60. The quantitative estimate of drug-likeness (QED) is 0.606. The number of rotatable bonds is 7. The van der Waals surface area contributed by atoms with Gasteiger partial charge in [-0.25, -0.2) is 4.39 Å². The largest absolute Gasteiger partial charge is 0.383 e. The molecule has 0 saturated heterocycles. The van der Waals surface area contributed by atoms with Crippen LogP contribution in [0.25, 0.3) is 0 Å². The van der Waals surface area contributed by atoms with E-state index in [0.29, 0.717) is 12.2 Å². The van der Waals surface area contributed by atoms with Crippen molar-refractivity contribution in [2.24, 2.45) is 0 Å². The summed E-state index contributed by atoms with van der Waals surface area (Å²) in [6.07, 6.45) is 4.01. The lowest BCUT2D eigenvalue weighted by Gasteiger charge is -2.30. The predicted octanol–water partition coefficient (Wildman–Crippen LogP) is 4.07. The fourth-order valence-corrected chi connectivity index (χ4v) is 2.70. The van der Waals surface area contributed by atoms with Crippen LogP contribution >= 0.6 is 11.8 Å². The van der Waals surface area contributed by atoms with Crippen molar-refractivity contribution in [3.8, 4) is 0 Å². The van der Waals surface area contributed by atoms with E-state index in [-0.39, 0.29) is 10.4 Å². The van der Waals surface area contributed by atoms with E-state index in [1.165, 1.54) is 12.1 Å². The van der Waals surface area contributed by atoms with Crippen molar-refractivity contribution in [3.63, 3.8) is 0 Å².